The summed E-state index contributed by atoms with van der Waals surface area (Å²) in [6.07, 6.45) is -0.245. The second kappa shape index (κ2) is 10.0. The molecule has 1 amide bonds. The summed E-state index contributed by atoms with van der Waals surface area (Å²) in [7, 11) is 1.47. The number of esters is 1. The van der Waals surface area contributed by atoms with Gasteiger partial charge in [-0.25, -0.2) is 9.59 Å². The first kappa shape index (κ1) is 24.7. The van der Waals surface area contributed by atoms with Crippen molar-refractivity contribution in [3.05, 3.63) is 95.1 Å². The van der Waals surface area contributed by atoms with Crippen molar-refractivity contribution >= 4 is 23.6 Å². The molecule has 8 nitrogen and oxygen atoms in total. The van der Waals surface area contributed by atoms with Gasteiger partial charge in [-0.2, -0.15) is 0 Å². The molecule has 2 N–H and O–H groups in total. The number of ketones is 1. The molecule has 3 aromatic rings. The fraction of sp³-hybridized carbons (Fsp3) is 0.214. The molecular formula is C28H25NO7. The molecule has 0 aromatic heterocycles. The van der Waals surface area contributed by atoms with Crippen LogP contribution in [-0.2, 0) is 20.8 Å². The Labute approximate surface area is 207 Å². The van der Waals surface area contributed by atoms with Crippen LogP contribution in [0.1, 0.15) is 39.4 Å². The van der Waals surface area contributed by atoms with Crippen molar-refractivity contribution < 1.29 is 33.8 Å². The molecular weight excluding hydrogens is 462 g/mol. The number of rotatable bonds is 8. The molecule has 3 aromatic carbocycles. The second-order valence-corrected chi connectivity index (χ2v) is 8.68. The van der Waals surface area contributed by atoms with Gasteiger partial charge in [0.1, 0.15) is 17.3 Å². The maximum atomic E-state index is 13.2. The molecule has 0 radical (unpaired) electrons. The highest BCUT2D eigenvalue weighted by atomic mass is 16.5. The Hall–Kier alpha value is -4.46. The number of aryl methyl sites for hydroxylation is 1. The van der Waals surface area contributed by atoms with E-state index in [1.54, 1.807) is 30.3 Å². The van der Waals surface area contributed by atoms with Crippen molar-refractivity contribution in [3.8, 4) is 11.5 Å². The van der Waals surface area contributed by atoms with Gasteiger partial charge in [-0.05, 0) is 42.8 Å². The lowest BCUT2D eigenvalue weighted by atomic mass is 9.73. The molecule has 8 heteroatoms. The van der Waals surface area contributed by atoms with E-state index in [-0.39, 0.29) is 29.9 Å². The van der Waals surface area contributed by atoms with Crippen molar-refractivity contribution in [1.29, 1.82) is 0 Å². The average molecular weight is 488 g/mol. The number of aliphatic carboxylic acids is 1. The molecule has 2 atom stereocenters. The first-order chi connectivity index (χ1) is 17.2. The number of carbonyl (C=O) groups is 4. The van der Waals surface area contributed by atoms with E-state index in [9.17, 15) is 24.3 Å². The van der Waals surface area contributed by atoms with Crippen molar-refractivity contribution in [2.45, 2.75) is 31.2 Å². The van der Waals surface area contributed by atoms with E-state index in [0.717, 1.165) is 11.1 Å². The summed E-state index contributed by atoms with van der Waals surface area (Å²) in [6.45, 7) is 1.93. The molecule has 1 aliphatic rings. The highest BCUT2D eigenvalue weighted by Crippen LogP contribution is 2.43. The fourth-order valence-electron chi connectivity index (χ4n) is 4.34. The predicted octanol–water partition coefficient (Wildman–Crippen LogP) is 3.46. The van der Waals surface area contributed by atoms with Crippen LogP contribution in [0.4, 0.5) is 0 Å². The van der Waals surface area contributed by atoms with Gasteiger partial charge in [0.25, 0.3) is 5.91 Å². The second-order valence-electron chi connectivity index (χ2n) is 8.68. The number of benzene rings is 3. The third kappa shape index (κ3) is 4.70. The normalized spacial score (nSPS) is 18.5. The van der Waals surface area contributed by atoms with Crippen molar-refractivity contribution in [1.82, 2.24) is 5.32 Å². The summed E-state index contributed by atoms with van der Waals surface area (Å²) in [5.74, 6) is -4.38. The van der Waals surface area contributed by atoms with Crippen LogP contribution in [0.3, 0.4) is 0 Å². The van der Waals surface area contributed by atoms with Gasteiger partial charge in [-0.1, -0.05) is 48.0 Å². The minimum absolute atomic E-state index is 0.0517. The number of ether oxygens (including phenoxy) is 2. The molecule has 0 fully saturated rings. The zero-order chi connectivity index (χ0) is 25.9. The molecule has 2 unspecified atom stereocenters. The first-order valence-corrected chi connectivity index (χ1v) is 11.3. The van der Waals surface area contributed by atoms with Gasteiger partial charge in [0, 0.05) is 29.9 Å². The molecule has 4 rings (SSSR count). The fourth-order valence-corrected chi connectivity index (χ4v) is 4.34. The Balaban J connectivity index is 1.72. The van der Waals surface area contributed by atoms with Crippen LogP contribution < -0.4 is 14.8 Å². The van der Waals surface area contributed by atoms with Crippen molar-refractivity contribution in [2.75, 3.05) is 7.11 Å². The monoisotopic (exact) mass is 487 g/mol. The largest absolute Gasteiger partial charge is 0.497 e. The van der Waals surface area contributed by atoms with Gasteiger partial charge < -0.3 is 19.9 Å². The summed E-state index contributed by atoms with van der Waals surface area (Å²) in [6, 6.07) is 19.8. The highest BCUT2D eigenvalue weighted by Gasteiger charge is 2.59. The van der Waals surface area contributed by atoms with E-state index in [2.05, 4.69) is 5.32 Å². The van der Waals surface area contributed by atoms with Crippen LogP contribution in [0.5, 0.6) is 11.5 Å². The third-order valence-electron chi connectivity index (χ3n) is 6.30. The van der Waals surface area contributed by atoms with E-state index in [4.69, 9.17) is 9.47 Å². The number of carboxylic acid groups (broad SMARTS) is 1. The number of carboxylic acids is 1. The molecule has 0 bridgehead atoms. The Morgan fingerprint density at radius 3 is 2.31 bits per heavy atom. The van der Waals surface area contributed by atoms with Crippen LogP contribution in [0.2, 0.25) is 0 Å². The van der Waals surface area contributed by atoms with Crippen LogP contribution in [0.25, 0.3) is 0 Å². The van der Waals surface area contributed by atoms with Gasteiger partial charge >= 0.3 is 11.9 Å². The summed E-state index contributed by atoms with van der Waals surface area (Å²) < 4.78 is 10.5. The Bertz CT molecular complexity index is 1310. The average Bonchev–Trinajstić information content (AvgIpc) is 2.87. The number of fused-ring (bicyclic) bond motifs is 1. The number of nitrogens with one attached hydrogen (secondary N) is 1. The quantitative estimate of drug-likeness (QED) is 0.284. The maximum Gasteiger partial charge on any atom is 0.349 e. The van der Waals surface area contributed by atoms with E-state index in [1.807, 2.05) is 31.2 Å². The van der Waals surface area contributed by atoms with Gasteiger partial charge in [-0.3, -0.25) is 9.59 Å². The Morgan fingerprint density at radius 2 is 1.67 bits per heavy atom. The van der Waals surface area contributed by atoms with Gasteiger partial charge in [-0.15, -0.1) is 0 Å². The number of para-hydroxylation sites is 1. The molecule has 36 heavy (non-hydrogen) atoms. The smallest absolute Gasteiger partial charge is 0.349 e. The van der Waals surface area contributed by atoms with E-state index < -0.39 is 29.3 Å². The molecule has 0 saturated carbocycles. The number of hydrogen-bond donors (Lipinski definition) is 2. The zero-order valence-corrected chi connectivity index (χ0v) is 19.8. The zero-order valence-electron chi connectivity index (χ0n) is 19.8. The number of Topliss-reactive ketones (excluding diaryl/α,β-unsaturated/α-hetero) is 1. The lowest BCUT2D eigenvalue weighted by Crippen LogP contribution is -2.66. The van der Waals surface area contributed by atoms with Gasteiger partial charge in [0.05, 0.1) is 7.11 Å². The molecule has 1 aliphatic heterocycles. The first-order valence-electron chi connectivity index (χ1n) is 11.3. The topological polar surface area (TPSA) is 119 Å². The highest BCUT2D eigenvalue weighted by molar-refractivity contribution is 6.12. The standard InChI is InChI=1S/C28H25NO7/c1-17-7-9-18(10-8-17)15-20(30)16-23-22-5-3-4-6-24(22)36-27(34)28(23,26(32)33)29-25(31)19-11-13-21(35-2)14-12-19/h3-14,23H,15-16H2,1-2H3,(H,29,31)(H,32,33). The van der Waals surface area contributed by atoms with Crippen LogP contribution in [-0.4, -0.2) is 41.4 Å². The Kier molecular flexibility index (Phi) is 6.87. The van der Waals surface area contributed by atoms with Crippen LogP contribution in [0.15, 0.2) is 72.8 Å². The summed E-state index contributed by atoms with van der Waals surface area (Å²) in [4.78, 5) is 52.2. The van der Waals surface area contributed by atoms with Gasteiger partial charge in [0.15, 0.2) is 0 Å². The summed E-state index contributed by atoms with van der Waals surface area (Å²) in [5.41, 5.74) is -0.227. The molecule has 1 heterocycles. The third-order valence-corrected chi connectivity index (χ3v) is 6.30. The predicted molar refractivity (Wildman–Crippen MR) is 130 cm³/mol. The molecule has 0 spiro atoms. The van der Waals surface area contributed by atoms with E-state index in [1.165, 1.54) is 25.3 Å². The number of carbonyl (C=O) groups excluding carboxylic acids is 3. The van der Waals surface area contributed by atoms with E-state index >= 15 is 0 Å². The van der Waals surface area contributed by atoms with Crippen molar-refractivity contribution in [3.63, 3.8) is 0 Å². The number of amides is 1. The molecule has 184 valence electrons. The summed E-state index contributed by atoms with van der Waals surface area (Å²) in [5, 5.41) is 12.7. The SMILES string of the molecule is COc1ccc(C(=O)NC2(C(=O)O)C(=O)Oc3ccccc3C2CC(=O)Cc2ccc(C)cc2)cc1. The lowest BCUT2D eigenvalue weighted by molar-refractivity contribution is -0.160. The summed E-state index contributed by atoms with van der Waals surface area (Å²) >= 11 is 0. The minimum Gasteiger partial charge on any atom is -0.497 e. The minimum atomic E-state index is -2.51. The molecule has 0 aliphatic carbocycles. The maximum absolute atomic E-state index is 13.2. The Morgan fingerprint density at radius 1 is 1.00 bits per heavy atom. The van der Waals surface area contributed by atoms with Crippen LogP contribution in [0, 0.1) is 6.92 Å². The van der Waals surface area contributed by atoms with Gasteiger partial charge in [0.2, 0.25) is 5.54 Å². The molecule has 0 saturated heterocycles. The number of hydrogen-bond acceptors (Lipinski definition) is 6. The van der Waals surface area contributed by atoms with E-state index in [0.29, 0.717) is 11.3 Å². The van der Waals surface area contributed by atoms with Crippen LogP contribution >= 0.6 is 0 Å². The number of methoxy groups -OCH3 is 1. The lowest BCUT2D eigenvalue weighted by Gasteiger charge is -2.39. The van der Waals surface area contributed by atoms with Crippen molar-refractivity contribution in [2.24, 2.45) is 0 Å².